The molecule has 0 aliphatic carbocycles. The Morgan fingerprint density at radius 2 is 2.07 bits per heavy atom. The van der Waals surface area contributed by atoms with Gasteiger partial charge in [-0.15, -0.1) is 11.3 Å². The van der Waals surface area contributed by atoms with Crippen LogP contribution in [0, 0.1) is 13.8 Å². The second-order valence-corrected chi connectivity index (χ2v) is 8.14. The van der Waals surface area contributed by atoms with Gasteiger partial charge in [-0.2, -0.15) is 0 Å². The first-order chi connectivity index (χ1) is 13.4. The Labute approximate surface area is 166 Å². The van der Waals surface area contributed by atoms with Crippen LogP contribution in [-0.4, -0.2) is 64.3 Å². The van der Waals surface area contributed by atoms with Gasteiger partial charge in [-0.3, -0.25) is 14.5 Å². The topological polar surface area (TPSA) is 91.6 Å². The van der Waals surface area contributed by atoms with Gasteiger partial charge in [-0.25, -0.2) is 9.97 Å². The molecule has 2 aromatic heterocycles. The van der Waals surface area contributed by atoms with Crippen molar-refractivity contribution in [3.05, 3.63) is 41.1 Å². The maximum Gasteiger partial charge on any atom is 0.275 e. The third-order valence-corrected chi connectivity index (χ3v) is 5.77. The highest BCUT2D eigenvalue weighted by atomic mass is 32.1. The molecule has 1 atom stereocenters. The van der Waals surface area contributed by atoms with Crippen molar-refractivity contribution < 1.29 is 14.0 Å². The normalized spacial score (nSPS) is 17.8. The molecular weight excluding hydrogens is 378 g/mol. The lowest BCUT2D eigenvalue weighted by molar-refractivity contribution is -0.122. The van der Waals surface area contributed by atoms with E-state index >= 15 is 0 Å². The summed E-state index contributed by atoms with van der Waals surface area (Å²) in [5.41, 5.74) is 1.92. The van der Waals surface area contributed by atoms with Crippen molar-refractivity contribution in [3.8, 4) is 0 Å². The number of thiazole rings is 1. The number of aromatic nitrogens is 2. The van der Waals surface area contributed by atoms with E-state index in [-0.39, 0.29) is 17.5 Å². The molecule has 8 nitrogen and oxygen atoms in total. The molecule has 28 heavy (non-hydrogen) atoms. The van der Waals surface area contributed by atoms with Crippen molar-refractivity contribution in [1.29, 1.82) is 0 Å². The van der Waals surface area contributed by atoms with Gasteiger partial charge in [-0.1, -0.05) is 0 Å². The Hall–Kier alpha value is -2.78. The number of nitrogens with zero attached hydrogens (tertiary/aromatic N) is 4. The molecule has 0 bridgehead atoms. The zero-order valence-electron chi connectivity index (χ0n) is 15.9. The molecule has 1 aromatic carbocycles. The number of carbonyl (C=O) groups is 2. The van der Waals surface area contributed by atoms with Crippen LogP contribution >= 0.6 is 11.3 Å². The number of amides is 2. The van der Waals surface area contributed by atoms with Crippen molar-refractivity contribution in [2.24, 2.45) is 0 Å². The highest BCUT2D eigenvalue weighted by Crippen LogP contribution is 2.25. The van der Waals surface area contributed by atoms with Crippen molar-refractivity contribution in [1.82, 2.24) is 19.8 Å². The maximum absolute atomic E-state index is 12.9. The Morgan fingerprint density at radius 1 is 1.25 bits per heavy atom. The Kier molecular flexibility index (Phi) is 4.86. The molecule has 2 amide bonds. The van der Waals surface area contributed by atoms with E-state index in [1.165, 1.54) is 6.26 Å². The highest BCUT2D eigenvalue weighted by molar-refractivity contribution is 7.18. The van der Waals surface area contributed by atoms with Gasteiger partial charge in [0.1, 0.15) is 12.3 Å². The van der Waals surface area contributed by atoms with Crippen LogP contribution in [0.1, 0.15) is 21.4 Å². The summed E-state index contributed by atoms with van der Waals surface area (Å²) in [6.45, 7) is 5.10. The van der Waals surface area contributed by atoms with Gasteiger partial charge < -0.3 is 14.6 Å². The van der Waals surface area contributed by atoms with Gasteiger partial charge >= 0.3 is 0 Å². The molecule has 9 heteroatoms. The molecule has 4 rings (SSSR count). The smallest absolute Gasteiger partial charge is 0.275 e. The predicted molar refractivity (Wildman–Crippen MR) is 107 cm³/mol. The van der Waals surface area contributed by atoms with E-state index in [9.17, 15) is 9.59 Å². The monoisotopic (exact) mass is 399 g/mol. The van der Waals surface area contributed by atoms with E-state index in [1.807, 2.05) is 37.1 Å². The molecule has 0 radical (unpaired) electrons. The van der Waals surface area contributed by atoms with Crippen LogP contribution in [-0.2, 0) is 4.79 Å². The number of fused-ring (bicyclic) bond motifs is 1. The first-order valence-corrected chi connectivity index (χ1v) is 9.82. The number of nitrogens with one attached hydrogen (secondary N) is 1. The van der Waals surface area contributed by atoms with Crippen LogP contribution in [0.25, 0.3) is 10.2 Å². The largest absolute Gasteiger partial charge is 0.448 e. The molecule has 3 aromatic rings. The number of rotatable bonds is 3. The average Bonchev–Trinajstić information content (AvgIpc) is 3.25. The van der Waals surface area contributed by atoms with Crippen molar-refractivity contribution in [2.75, 3.05) is 32.0 Å². The number of hydrogen-bond acceptors (Lipinski definition) is 7. The molecule has 0 saturated carbocycles. The first-order valence-electron chi connectivity index (χ1n) is 9.00. The maximum atomic E-state index is 12.9. The minimum atomic E-state index is -0.440. The van der Waals surface area contributed by atoms with Crippen LogP contribution < -0.4 is 5.32 Å². The average molecular weight is 399 g/mol. The standard InChI is InChI=1S/C19H21N5O3S/c1-11-20-15(10-27-11)19(26)24-7-6-23(3)16(9-24)18(25)22-13-4-5-14-17(8-13)28-12(2)21-14/h4-5,8,10,16H,6-7,9H2,1-3H3,(H,22,25)/t16-/m0/s1. The van der Waals surface area contributed by atoms with Crippen molar-refractivity contribution >= 4 is 39.1 Å². The first kappa shape index (κ1) is 18.6. The zero-order chi connectivity index (χ0) is 19.8. The SMILES string of the molecule is Cc1nc(C(=O)N2CCN(C)[C@H](C(=O)Nc3ccc4nc(C)sc4c3)C2)co1. The van der Waals surface area contributed by atoms with Crippen molar-refractivity contribution in [3.63, 3.8) is 0 Å². The van der Waals surface area contributed by atoms with Gasteiger partial charge in [0.15, 0.2) is 11.6 Å². The third-order valence-electron chi connectivity index (χ3n) is 4.84. The van der Waals surface area contributed by atoms with Gasteiger partial charge in [0.2, 0.25) is 5.91 Å². The van der Waals surface area contributed by atoms with E-state index in [0.29, 0.717) is 25.5 Å². The summed E-state index contributed by atoms with van der Waals surface area (Å²) in [5.74, 6) is 0.0849. The lowest BCUT2D eigenvalue weighted by atomic mass is 10.1. The molecule has 1 aliphatic rings. The number of likely N-dealkylation sites (N-methyl/N-ethyl adjacent to an activating group) is 1. The molecule has 3 heterocycles. The van der Waals surface area contributed by atoms with Gasteiger partial charge in [0.25, 0.3) is 5.91 Å². The molecular formula is C19H21N5O3S. The fraction of sp³-hybridized carbons (Fsp3) is 0.368. The molecule has 146 valence electrons. The van der Waals surface area contributed by atoms with E-state index < -0.39 is 6.04 Å². The van der Waals surface area contributed by atoms with E-state index in [2.05, 4.69) is 15.3 Å². The van der Waals surface area contributed by atoms with E-state index in [0.717, 1.165) is 20.9 Å². The van der Waals surface area contributed by atoms with Gasteiger partial charge in [-0.05, 0) is 32.2 Å². The Balaban J connectivity index is 1.47. The van der Waals surface area contributed by atoms with E-state index in [4.69, 9.17) is 4.42 Å². The van der Waals surface area contributed by atoms with Crippen LogP contribution in [0.4, 0.5) is 5.69 Å². The van der Waals surface area contributed by atoms with Crippen molar-refractivity contribution in [2.45, 2.75) is 19.9 Å². The molecule has 1 saturated heterocycles. The van der Waals surface area contributed by atoms with Crippen LogP contribution in [0.2, 0.25) is 0 Å². The minimum absolute atomic E-state index is 0.142. The van der Waals surface area contributed by atoms with Gasteiger partial charge in [0.05, 0.1) is 15.2 Å². The summed E-state index contributed by atoms with van der Waals surface area (Å²) in [6, 6.07) is 5.25. The zero-order valence-corrected chi connectivity index (χ0v) is 16.7. The number of aryl methyl sites for hydroxylation is 2. The third kappa shape index (κ3) is 3.63. The molecule has 1 fully saturated rings. The summed E-state index contributed by atoms with van der Waals surface area (Å²) >= 11 is 1.59. The second-order valence-electron chi connectivity index (χ2n) is 6.90. The second kappa shape index (κ2) is 7.33. The molecule has 1 aliphatic heterocycles. The van der Waals surface area contributed by atoms with Crippen LogP contribution in [0.15, 0.2) is 28.9 Å². The minimum Gasteiger partial charge on any atom is -0.448 e. The fourth-order valence-electron chi connectivity index (χ4n) is 3.31. The van der Waals surface area contributed by atoms with Crippen LogP contribution in [0.3, 0.4) is 0 Å². The highest BCUT2D eigenvalue weighted by Gasteiger charge is 2.33. The number of hydrogen-bond donors (Lipinski definition) is 1. The Bertz CT molecular complexity index is 1040. The summed E-state index contributed by atoms with van der Waals surface area (Å²) in [6.07, 6.45) is 1.36. The predicted octanol–water partition coefficient (Wildman–Crippen LogP) is 2.30. The molecule has 0 spiro atoms. The lowest BCUT2D eigenvalue weighted by Crippen LogP contribution is -2.57. The number of carbonyl (C=O) groups excluding carboxylic acids is 2. The van der Waals surface area contributed by atoms with Gasteiger partial charge in [0, 0.05) is 32.2 Å². The van der Waals surface area contributed by atoms with Crippen LogP contribution in [0.5, 0.6) is 0 Å². The quantitative estimate of drug-likeness (QED) is 0.727. The number of piperazine rings is 1. The summed E-state index contributed by atoms with van der Waals surface area (Å²) in [7, 11) is 1.89. The summed E-state index contributed by atoms with van der Waals surface area (Å²) in [5, 5.41) is 3.96. The number of anilines is 1. The lowest BCUT2D eigenvalue weighted by Gasteiger charge is -2.38. The summed E-state index contributed by atoms with van der Waals surface area (Å²) < 4.78 is 6.17. The Morgan fingerprint density at radius 3 is 2.82 bits per heavy atom. The number of oxazole rings is 1. The van der Waals surface area contributed by atoms with E-state index in [1.54, 1.807) is 23.2 Å². The summed E-state index contributed by atoms with van der Waals surface area (Å²) in [4.78, 5) is 37.7. The molecule has 1 N–H and O–H groups in total. The fourth-order valence-corrected chi connectivity index (χ4v) is 4.17. The molecule has 0 unspecified atom stereocenters. The number of benzene rings is 1.